The molecule has 0 aliphatic carbocycles. The molecule has 20 heavy (non-hydrogen) atoms. The van der Waals surface area contributed by atoms with E-state index in [0.717, 1.165) is 6.07 Å². The highest BCUT2D eigenvalue weighted by Gasteiger charge is 2.25. The molecule has 0 bridgehead atoms. The molecule has 7 heteroatoms. The van der Waals surface area contributed by atoms with Crippen molar-refractivity contribution in [2.45, 2.75) is 19.5 Å². The highest BCUT2D eigenvalue weighted by atomic mass is 79.9. The van der Waals surface area contributed by atoms with E-state index in [2.05, 4.69) is 26.3 Å². The summed E-state index contributed by atoms with van der Waals surface area (Å²) in [5.41, 5.74) is 0.683. The van der Waals surface area contributed by atoms with E-state index in [4.69, 9.17) is 0 Å². The first-order valence-electron chi connectivity index (χ1n) is 6.03. The summed E-state index contributed by atoms with van der Waals surface area (Å²) in [6, 6.07) is 1.51. The van der Waals surface area contributed by atoms with Gasteiger partial charge in [0.25, 0.3) is 0 Å². The first kappa shape index (κ1) is 15.1. The second-order valence-corrected chi connectivity index (χ2v) is 5.03. The molecule has 0 spiro atoms. The van der Waals surface area contributed by atoms with Crippen LogP contribution >= 0.6 is 15.9 Å². The quantitative estimate of drug-likeness (QED) is 0.859. The van der Waals surface area contributed by atoms with Crippen LogP contribution < -0.4 is 5.32 Å². The molecule has 0 aliphatic heterocycles. The molecule has 1 atom stereocenters. The maximum absolute atomic E-state index is 14.0. The van der Waals surface area contributed by atoms with Crippen LogP contribution in [-0.4, -0.2) is 16.8 Å². The number of hydrogen-bond acceptors (Lipinski definition) is 2. The van der Waals surface area contributed by atoms with Gasteiger partial charge in [0.15, 0.2) is 17.5 Å². The zero-order valence-electron chi connectivity index (χ0n) is 10.9. The van der Waals surface area contributed by atoms with Crippen LogP contribution in [0.1, 0.15) is 24.2 Å². The largest absolute Gasteiger partial charge is 0.308 e. The van der Waals surface area contributed by atoms with Gasteiger partial charge >= 0.3 is 0 Å². The van der Waals surface area contributed by atoms with Gasteiger partial charge in [0.1, 0.15) is 0 Å². The normalized spacial score (nSPS) is 12.7. The van der Waals surface area contributed by atoms with Gasteiger partial charge in [-0.25, -0.2) is 13.2 Å². The van der Waals surface area contributed by atoms with Crippen LogP contribution in [-0.2, 0) is 6.54 Å². The van der Waals surface area contributed by atoms with Gasteiger partial charge in [0.05, 0.1) is 22.4 Å². The van der Waals surface area contributed by atoms with Crippen LogP contribution in [0.3, 0.4) is 0 Å². The lowest BCUT2D eigenvalue weighted by Gasteiger charge is -2.19. The van der Waals surface area contributed by atoms with Crippen molar-refractivity contribution in [2.75, 3.05) is 7.05 Å². The Morgan fingerprint density at radius 3 is 2.60 bits per heavy atom. The Bertz CT molecular complexity index is 628. The van der Waals surface area contributed by atoms with Crippen LogP contribution in [0.25, 0.3) is 0 Å². The number of nitrogens with zero attached hydrogens (tertiary/aromatic N) is 2. The fourth-order valence-electron chi connectivity index (χ4n) is 2.11. The molecule has 3 nitrogen and oxygen atoms in total. The zero-order valence-corrected chi connectivity index (χ0v) is 12.5. The lowest BCUT2D eigenvalue weighted by atomic mass is 10.0. The summed E-state index contributed by atoms with van der Waals surface area (Å²) < 4.78 is 42.7. The van der Waals surface area contributed by atoms with Crippen LogP contribution in [0, 0.1) is 17.5 Å². The van der Waals surface area contributed by atoms with E-state index in [0.29, 0.717) is 16.7 Å². The topological polar surface area (TPSA) is 29.9 Å². The standard InChI is InChI=1S/C13H13BrF3N3/c1-3-20-13(8(14)6-19-20)12(18-2)7-4-5-9(15)11(17)10(7)16/h4-6,12,18H,3H2,1-2H3. The fourth-order valence-corrected chi connectivity index (χ4v) is 2.64. The minimum absolute atomic E-state index is 0.0299. The molecule has 2 rings (SSSR count). The summed E-state index contributed by atoms with van der Waals surface area (Å²) in [4.78, 5) is 0. The number of aryl methyl sites for hydroxylation is 1. The highest BCUT2D eigenvalue weighted by Crippen LogP contribution is 2.31. The molecular formula is C13H13BrF3N3. The molecule has 0 radical (unpaired) electrons. The third-order valence-electron chi connectivity index (χ3n) is 3.07. The lowest BCUT2D eigenvalue weighted by molar-refractivity contribution is 0.431. The van der Waals surface area contributed by atoms with Gasteiger partial charge in [0.2, 0.25) is 0 Å². The SMILES string of the molecule is CCn1ncc(Br)c1C(NC)c1ccc(F)c(F)c1F. The molecular weight excluding hydrogens is 335 g/mol. The van der Waals surface area contributed by atoms with Crippen LogP contribution in [0.15, 0.2) is 22.8 Å². The lowest BCUT2D eigenvalue weighted by Crippen LogP contribution is -2.23. The summed E-state index contributed by atoms with van der Waals surface area (Å²) in [6.45, 7) is 2.46. The van der Waals surface area contributed by atoms with Gasteiger partial charge in [-0.05, 0) is 36.0 Å². The molecule has 0 saturated carbocycles. The maximum Gasteiger partial charge on any atom is 0.194 e. The van der Waals surface area contributed by atoms with Gasteiger partial charge in [0, 0.05) is 12.1 Å². The van der Waals surface area contributed by atoms with E-state index in [1.165, 1.54) is 6.07 Å². The monoisotopic (exact) mass is 347 g/mol. The number of benzene rings is 1. The second-order valence-electron chi connectivity index (χ2n) is 4.18. The Balaban J connectivity index is 2.58. The Morgan fingerprint density at radius 2 is 2.00 bits per heavy atom. The van der Waals surface area contributed by atoms with Gasteiger partial charge in [-0.3, -0.25) is 4.68 Å². The zero-order chi connectivity index (χ0) is 14.9. The number of halogens is 4. The molecule has 1 heterocycles. The van der Waals surface area contributed by atoms with Crippen molar-refractivity contribution in [3.8, 4) is 0 Å². The summed E-state index contributed by atoms with van der Waals surface area (Å²) in [5.74, 6) is -3.87. The van der Waals surface area contributed by atoms with E-state index in [9.17, 15) is 13.2 Å². The molecule has 2 aromatic rings. The number of aromatic nitrogens is 2. The van der Waals surface area contributed by atoms with Crippen molar-refractivity contribution in [3.63, 3.8) is 0 Å². The Morgan fingerprint density at radius 1 is 1.30 bits per heavy atom. The van der Waals surface area contributed by atoms with Crippen molar-refractivity contribution in [3.05, 3.63) is 51.5 Å². The fraction of sp³-hybridized carbons (Fsp3) is 0.308. The summed E-state index contributed by atoms with van der Waals surface area (Å²) in [5, 5.41) is 7.04. The number of rotatable bonds is 4. The Kier molecular flexibility index (Phi) is 4.49. The minimum atomic E-state index is -1.47. The third-order valence-corrected chi connectivity index (χ3v) is 3.68. The molecule has 1 N–H and O–H groups in total. The molecule has 0 saturated heterocycles. The van der Waals surface area contributed by atoms with Gasteiger partial charge < -0.3 is 5.32 Å². The smallest absolute Gasteiger partial charge is 0.194 e. The first-order valence-corrected chi connectivity index (χ1v) is 6.82. The predicted octanol–water partition coefficient (Wildman–Crippen LogP) is 3.39. The molecule has 1 aromatic carbocycles. The molecule has 0 fully saturated rings. The van der Waals surface area contributed by atoms with Gasteiger partial charge in [-0.15, -0.1) is 0 Å². The van der Waals surface area contributed by atoms with Crippen LogP contribution in [0.2, 0.25) is 0 Å². The van der Waals surface area contributed by atoms with Gasteiger partial charge in [-0.2, -0.15) is 5.10 Å². The molecule has 1 unspecified atom stereocenters. The second kappa shape index (κ2) is 5.97. The van der Waals surface area contributed by atoms with Crippen molar-refractivity contribution in [1.29, 1.82) is 0 Å². The first-order chi connectivity index (χ1) is 9.51. The summed E-state index contributed by atoms with van der Waals surface area (Å²) >= 11 is 3.34. The average Bonchev–Trinajstić information content (AvgIpc) is 2.81. The minimum Gasteiger partial charge on any atom is -0.308 e. The van der Waals surface area contributed by atoms with Crippen molar-refractivity contribution in [2.24, 2.45) is 0 Å². The summed E-state index contributed by atoms with van der Waals surface area (Å²) in [6.07, 6.45) is 1.58. The average molecular weight is 348 g/mol. The summed E-state index contributed by atoms with van der Waals surface area (Å²) in [7, 11) is 1.62. The van der Waals surface area contributed by atoms with E-state index in [1.54, 1.807) is 17.9 Å². The van der Waals surface area contributed by atoms with Crippen molar-refractivity contribution >= 4 is 15.9 Å². The molecule has 0 aliphatic rings. The predicted molar refractivity (Wildman–Crippen MR) is 72.8 cm³/mol. The highest BCUT2D eigenvalue weighted by molar-refractivity contribution is 9.10. The van der Waals surface area contributed by atoms with Crippen LogP contribution in [0.5, 0.6) is 0 Å². The number of nitrogens with one attached hydrogen (secondary N) is 1. The molecule has 0 amide bonds. The molecule has 1 aromatic heterocycles. The van der Waals surface area contributed by atoms with Crippen molar-refractivity contribution < 1.29 is 13.2 Å². The van der Waals surface area contributed by atoms with E-state index < -0.39 is 23.5 Å². The Hall–Kier alpha value is -1.34. The maximum atomic E-state index is 14.0. The molecule has 108 valence electrons. The van der Waals surface area contributed by atoms with Crippen molar-refractivity contribution in [1.82, 2.24) is 15.1 Å². The van der Waals surface area contributed by atoms with E-state index in [1.807, 2.05) is 6.92 Å². The Labute approximate surface area is 122 Å². The van der Waals surface area contributed by atoms with E-state index >= 15 is 0 Å². The van der Waals surface area contributed by atoms with Crippen LogP contribution in [0.4, 0.5) is 13.2 Å². The van der Waals surface area contributed by atoms with Gasteiger partial charge in [-0.1, -0.05) is 6.07 Å². The van der Waals surface area contributed by atoms with E-state index in [-0.39, 0.29) is 5.56 Å². The number of hydrogen-bond donors (Lipinski definition) is 1. The third kappa shape index (κ3) is 2.47.